The summed E-state index contributed by atoms with van der Waals surface area (Å²) >= 11 is 0. The predicted molar refractivity (Wildman–Crippen MR) is 85.7 cm³/mol. The first-order valence-electron chi connectivity index (χ1n) is 8.29. The summed E-state index contributed by atoms with van der Waals surface area (Å²) in [5, 5.41) is 1.23. The maximum atomic E-state index is 6.02. The molecule has 1 aromatic carbocycles. The summed E-state index contributed by atoms with van der Waals surface area (Å²) in [5.41, 5.74) is 1.18. The average molecular weight is 284 g/mol. The number of nitrogens with zero attached hydrogens (tertiary/aromatic N) is 1. The zero-order valence-corrected chi connectivity index (χ0v) is 12.6. The van der Waals surface area contributed by atoms with Crippen LogP contribution in [0.3, 0.4) is 0 Å². The minimum atomic E-state index is 0.724. The number of fused-ring (bicyclic) bond motifs is 1. The number of likely N-dealkylation sites (tertiary alicyclic amines) is 1. The van der Waals surface area contributed by atoms with Crippen LogP contribution in [0.1, 0.15) is 25.7 Å². The number of aromatic nitrogens is 1. The summed E-state index contributed by atoms with van der Waals surface area (Å²) in [4.78, 5) is 5.87. The molecule has 0 spiro atoms. The Labute approximate surface area is 126 Å². The minimum Gasteiger partial charge on any atom is -0.493 e. The number of aromatic amines is 1. The lowest BCUT2D eigenvalue weighted by Crippen LogP contribution is -2.36. The third-order valence-electron chi connectivity index (χ3n) is 4.93. The van der Waals surface area contributed by atoms with Gasteiger partial charge in [-0.25, -0.2) is 0 Å². The van der Waals surface area contributed by atoms with Crippen molar-refractivity contribution in [1.29, 1.82) is 0 Å². The van der Waals surface area contributed by atoms with Crippen molar-refractivity contribution >= 4 is 10.9 Å². The number of piperidine rings is 1. The molecule has 112 valence electrons. The van der Waals surface area contributed by atoms with Crippen LogP contribution in [0.5, 0.6) is 5.75 Å². The van der Waals surface area contributed by atoms with Gasteiger partial charge in [0.15, 0.2) is 0 Å². The fourth-order valence-corrected chi connectivity index (χ4v) is 3.34. The zero-order chi connectivity index (χ0) is 14.1. The molecule has 2 aliphatic rings. The molecule has 2 heterocycles. The van der Waals surface area contributed by atoms with Gasteiger partial charge in [-0.15, -0.1) is 0 Å². The van der Waals surface area contributed by atoms with Gasteiger partial charge in [0.2, 0.25) is 0 Å². The summed E-state index contributed by atoms with van der Waals surface area (Å²) in [6, 6.07) is 8.40. The number of benzene rings is 1. The van der Waals surface area contributed by atoms with Crippen molar-refractivity contribution in [2.24, 2.45) is 11.8 Å². The minimum absolute atomic E-state index is 0.724. The number of nitrogens with one attached hydrogen (secondary N) is 1. The van der Waals surface area contributed by atoms with E-state index >= 15 is 0 Å². The smallest absolute Gasteiger partial charge is 0.120 e. The number of hydrogen-bond donors (Lipinski definition) is 1. The van der Waals surface area contributed by atoms with Crippen LogP contribution in [-0.2, 0) is 0 Å². The highest BCUT2D eigenvalue weighted by atomic mass is 16.5. The van der Waals surface area contributed by atoms with E-state index in [0.717, 1.165) is 24.2 Å². The molecule has 3 nitrogen and oxygen atoms in total. The van der Waals surface area contributed by atoms with Crippen molar-refractivity contribution < 1.29 is 4.74 Å². The fourth-order valence-electron chi connectivity index (χ4n) is 3.34. The molecule has 0 atom stereocenters. The summed E-state index contributed by atoms with van der Waals surface area (Å²) in [6.45, 7) is 4.74. The van der Waals surface area contributed by atoms with Crippen molar-refractivity contribution in [1.82, 2.24) is 9.88 Å². The fraction of sp³-hybridized carbons (Fsp3) is 0.556. The highest BCUT2D eigenvalue weighted by Gasteiger charge is 2.27. The molecule has 1 aliphatic heterocycles. The summed E-state index contributed by atoms with van der Waals surface area (Å²) < 4.78 is 6.02. The molecule has 0 radical (unpaired) electrons. The molecule has 1 saturated carbocycles. The maximum Gasteiger partial charge on any atom is 0.120 e. The van der Waals surface area contributed by atoms with Gasteiger partial charge in [-0.1, -0.05) is 0 Å². The van der Waals surface area contributed by atoms with Crippen molar-refractivity contribution in [2.45, 2.75) is 25.7 Å². The number of H-pyrrole nitrogens is 1. The first-order chi connectivity index (χ1) is 10.4. The molecule has 1 aliphatic carbocycles. The van der Waals surface area contributed by atoms with Crippen LogP contribution in [-0.4, -0.2) is 36.1 Å². The van der Waals surface area contributed by atoms with E-state index in [1.165, 1.54) is 56.2 Å². The molecule has 1 aromatic heterocycles. The van der Waals surface area contributed by atoms with Crippen molar-refractivity contribution in [3.8, 4) is 5.75 Å². The quantitative estimate of drug-likeness (QED) is 0.907. The van der Waals surface area contributed by atoms with E-state index in [0.29, 0.717) is 0 Å². The molecule has 21 heavy (non-hydrogen) atoms. The largest absolute Gasteiger partial charge is 0.493 e. The Hall–Kier alpha value is -1.48. The van der Waals surface area contributed by atoms with Crippen LogP contribution in [0.25, 0.3) is 10.9 Å². The summed E-state index contributed by atoms with van der Waals surface area (Å²) in [6.07, 6.45) is 7.48. The SMILES string of the molecule is c1cc2cc(OCC3CCN(CC4CC4)CC3)ccc2[nH]1. The standard InChI is InChI=1S/C18H24N2O/c1-2-14(1)12-20-9-6-15(7-10-20)13-21-17-3-4-18-16(11-17)5-8-19-18/h3-5,8,11,14-15,19H,1-2,6-7,9-10,12-13H2. The molecule has 0 unspecified atom stereocenters. The molecule has 2 aromatic rings. The Morgan fingerprint density at radius 3 is 2.71 bits per heavy atom. The van der Waals surface area contributed by atoms with Crippen LogP contribution >= 0.6 is 0 Å². The van der Waals surface area contributed by atoms with Crippen LogP contribution < -0.4 is 4.74 Å². The van der Waals surface area contributed by atoms with Gasteiger partial charge in [0.25, 0.3) is 0 Å². The van der Waals surface area contributed by atoms with Gasteiger partial charge in [-0.05, 0) is 74.9 Å². The second kappa shape index (κ2) is 5.72. The maximum absolute atomic E-state index is 6.02. The molecule has 4 rings (SSSR count). The number of ether oxygens (including phenoxy) is 1. The average Bonchev–Trinajstić information content (AvgIpc) is 3.20. The van der Waals surface area contributed by atoms with Crippen LogP contribution in [0.15, 0.2) is 30.5 Å². The van der Waals surface area contributed by atoms with E-state index in [4.69, 9.17) is 4.74 Å². The molecule has 1 saturated heterocycles. The number of rotatable bonds is 5. The highest BCUT2D eigenvalue weighted by Crippen LogP contribution is 2.31. The van der Waals surface area contributed by atoms with Crippen LogP contribution in [0.4, 0.5) is 0 Å². The Balaban J connectivity index is 1.26. The Bertz CT molecular complexity index is 594. The van der Waals surface area contributed by atoms with Crippen molar-refractivity contribution in [2.75, 3.05) is 26.2 Å². The second-order valence-corrected chi connectivity index (χ2v) is 6.73. The lowest BCUT2D eigenvalue weighted by Gasteiger charge is -2.31. The van der Waals surface area contributed by atoms with Gasteiger partial charge < -0.3 is 14.6 Å². The number of hydrogen-bond acceptors (Lipinski definition) is 2. The van der Waals surface area contributed by atoms with Gasteiger partial charge in [-0.2, -0.15) is 0 Å². The molecule has 1 N–H and O–H groups in total. The zero-order valence-electron chi connectivity index (χ0n) is 12.6. The van der Waals surface area contributed by atoms with Crippen molar-refractivity contribution in [3.05, 3.63) is 30.5 Å². The highest BCUT2D eigenvalue weighted by molar-refractivity contribution is 5.80. The molecular formula is C18H24N2O. The van der Waals surface area contributed by atoms with Crippen LogP contribution in [0.2, 0.25) is 0 Å². The normalized spacial score (nSPS) is 21.0. The Morgan fingerprint density at radius 1 is 1.05 bits per heavy atom. The van der Waals surface area contributed by atoms with Gasteiger partial charge in [0, 0.05) is 23.6 Å². The summed E-state index contributed by atoms with van der Waals surface area (Å²) in [5.74, 6) is 2.75. The van der Waals surface area contributed by atoms with E-state index < -0.39 is 0 Å². The van der Waals surface area contributed by atoms with Crippen LogP contribution in [0, 0.1) is 11.8 Å². The van der Waals surface area contributed by atoms with E-state index in [2.05, 4.69) is 34.1 Å². The Morgan fingerprint density at radius 2 is 1.90 bits per heavy atom. The lowest BCUT2D eigenvalue weighted by atomic mass is 9.97. The Kier molecular flexibility index (Phi) is 3.60. The van der Waals surface area contributed by atoms with Gasteiger partial charge >= 0.3 is 0 Å². The van der Waals surface area contributed by atoms with Gasteiger partial charge in [-0.3, -0.25) is 0 Å². The van der Waals surface area contributed by atoms with Gasteiger partial charge in [0.05, 0.1) is 6.61 Å². The summed E-state index contributed by atoms with van der Waals surface area (Å²) in [7, 11) is 0. The van der Waals surface area contributed by atoms with E-state index in [-0.39, 0.29) is 0 Å². The second-order valence-electron chi connectivity index (χ2n) is 6.73. The van der Waals surface area contributed by atoms with E-state index in [1.54, 1.807) is 0 Å². The molecule has 0 amide bonds. The molecule has 3 heteroatoms. The van der Waals surface area contributed by atoms with Gasteiger partial charge in [0.1, 0.15) is 5.75 Å². The molecule has 2 fully saturated rings. The topological polar surface area (TPSA) is 28.3 Å². The lowest BCUT2D eigenvalue weighted by molar-refractivity contribution is 0.138. The predicted octanol–water partition coefficient (Wildman–Crippen LogP) is 3.67. The first kappa shape index (κ1) is 13.2. The third kappa shape index (κ3) is 3.24. The molecular weight excluding hydrogens is 260 g/mol. The first-order valence-corrected chi connectivity index (χ1v) is 8.29. The van der Waals surface area contributed by atoms with E-state index in [9.17, 15) is 0 Å². The molecule has 0 bridgehead atoms. The van der Waals surface area contributed by atoms with E-state index in [1.807, 2.05) is 6.20 Å². The van der Waals surface area contributed by atoms with Crippen molar-refractivity contribution in [3.63, 3.8) is 0 Å². The monoisotopic (exact) mass is 284 g/mol. The third-order valence-corrected chi connectivity index (χ3v) is 4.93.